The average Bonchev–Trinajstić information content (AvgIpc) is 3.28. The summed E-state index contributed by atoms with van der Waals surface area (Å²) in [7, 11) is -4.24. The summed E-state index contributed by atoms with van der Waals surface area (Å²) in [6, 6.07) is 3.35. The van der Waals surface area contributed by atoms with Crippen LogP contribution < -0.4 is 9.62 Å². The van der Waals surface area contributed by atoms with Crippen molar-refractivity contribution in [3.05, 3.63) is 23.5 Å². The summed E-state index contributed by atoms with van der Waals surface area (Å²) in [4.78, 5) is 30.5. The number of rotatable bonds is 8. The number of alkyl halides is 3. The first-order valence-corrected chi connectivity index (χ1v) is 14.2. The highest BCUT2D eigenvalue weighted by Crippen LogP contribution is 2.38. The molecule has 0 unspecified atom stereocenters. The maximum atomic E-state index is 13.3. The van der Waals surface area contributed by atoms with Gasteiger partial charge in [0.05, 0.1) is 29.9 Å². The molecule has 4 heterocycles. The van der Waals surface area contributed by atoms with Crippen LogP contribution in [0.15, 0.2) is 23.4 Å². The Hall–Kier alpha value is -3.82. The smallest absolute Gasteiger partial charge is 0.445 e. The molecule has 3 aromatic heterocycles. The number of aromatic nitrogens is 4. The zero-order chi connectivity index (χ0) is 28.9. The fourth-order valence-corrected chi connectivity index (χ4v) is 6.38. The molecule has 1 aliphatic heterocycles. The largest absolute Gasteiger partial charge is 0.481 e. The van der Waals surface area contributed by atoms with Crippen LogP contribution in [-0.4, -0.2) is 81.6 Å². The van der Waals surface area contributed by atoms with Crippen LogP contribution in [0.25, 0.3) is 16.3 Å². The first-order valence-electron chi connectivity index (χ1n) is 11.9. The minimum Gasteiger partial charge on any atom is -0.481 e. The summed E-state index contributed by atoms with van der Waals surface area (Å²) in [6.45, 7) is 1.02. The van der Waals surface area contributed by atoms with E-state index in [1.807, 2.05) is 6.07 Å². The third-order valence-electron chi connectivity index (χ3n) is 6.58. The van der Waals surface area contributed by atoms with Crippen LogP contribution in [0, 0.1) is 11.3 Å². The molecule has 2 N–H and O–H groups in total. The minimum atomic E-state index is -4.72. The quantitative estimate of drug-likeness (QED) is 0.389. The summed E-state index contributed by atoms with van der Waals surface area (Å²) >= 11 is 0.263. The predicted octanol–water partition coefficient (Wildman–Crippen LogP) is 1.72. The number of carbonyl (C=O) groups excluding carboxylic acids is 1. The second-order valence-electron chi connectivity index (χ2n) is 9.37. The standard InChI is InChI=1S/C22H21F3N8O5S2/c23-22(24,25)20-29-28-19(39-20)18-27-10-15-14(31-5-7-32(8-6-31)16(34)1-2-17(35)36)9-13(11-33(15)18)40(37,38)30-21(12-26)3-4-21/h9-11,30H,1-8H2,(H,35,36). The lowest BCUT2D eigenvalue weighted by molar-refractivity contribution is -0.141. The summed E-state index contributed by atoms with van der Waals surface area (Å²) < 4.78 is 69.8. The molecule has 0 atom stereocenters. The van der Waals surface area contributed by atoms with Crippen molar-refractivity contribution >= 4 is 44.4 Å². The molecule has 2 fully saturated rings. The Labute approximate surface area is 228 Å². The Morgan fingerprint density at radius 2 is 1.88 bits per heavy atom. The Balaban J connectivity index is 1.52. The van der Waals surface area contributed by atoms with E-state index in [1.165, 1.54) is 27.8 Å². The van der Waals surface area contributed by atoms with Crippen LogP contribution in [-0.2, 0) is 25.8 Å². The van der Waals surface area contributed by atoms with Gasteiger partial charge in [-0.15, -0.1) is 10.2 Å². The number of carboxylic acids is 1. The van der Waals surface area contributed by atoms with Crippen LogP contribution in [0.5, 0.6) is 0 Å². The zero-order valence-electron chi connectivity index (χ0n) is 20.5. The van der Waals surface area contributed by atoms with Gasteiger partial charge < -0.3 is 14.9 Å². The lowest BCUT2D eigenvalue weighted by Crippen LogP contribution is -2.49. The predicted molar refractivity (Wildman–Crippen MR) is 133 cm³/mol. The second kappa shape index (κ2) is 9.98. The molecule has 212 valence electrons. The molecule has 0 radical (unpaired) electrons. The number of piperazine rings is 1. The Morgan fingerprint density at radius 1 is 1.18 bits per heavy atom. The number of nitrogens with one attached hydrogen (secondary N) is 1. The van der Waals surface area contributed by atoms with Crippen molar-refractivity contribution in [1.82, 2.24) is 29.2 Å². The molecule has 0 aromatic carbocycles. The van der Waals surface area contributed by atoms with E-state index in [4.69, 9.17) is 5.11 Å². The van der Waals surface area contributed by atoms with Gasteiger partial charge in [0.25, 0.3) is 0 Å². The van der Waals surface area contributed by atoms with E-state index in [1.54, 1.807) is 4.90 Å². The number of nitriles is 1. The van der Waals surface area contributed by atoms with Crippen LogP contribution in [0.4, 0.5) is 18.9 Å². The lowest BCUT2D eigenvalue weighted by atomic mass is 10.2. The van der Waals surface area contributed by atoms with Crippen LogP contribution in [0.2, 0.25) is 0 Å². The molecule has 13 nitrogen and oxygen atoms in total. The van der Waals surface area contributed by atoms with Gasteiger partial charge >= 0.3 is 12.1 Å². The van der Waals surface area contributed by atoms with Gasteiger partial charge in [-0.1, -0.05) is 11.3 Å². The van der Waals surface area contributed by atoms with Gasteiger partial charge in [0.1, 0.15) is 10.4 Å². The first kappa shape index (κ1) is 27.7. The number of imidazole rings is 1. The summed E-state index contributed by atoms with van der Waals surface area (Å²) in [5.41, 5.74) is -0.444. The van der Waals surface area contributed by atoms with Gasteiger partial charge in [0, 0.05) is 38.8 Å². The van der Waals surface area contributed by atoms with Crippen molar-refractivity contribution in [2.24, 2.45) is 0 Å². The SMILES string of the molecule is N#CC1(NS(=O)(=O)c2cc(N3CCN(C(=O)CCC(=O)O)CC3)c3cnc(-c4nnc(C(F)(F)F)s4)n3c2)CC1. The van der Waals surface area contributed by atoms with Gasteiger partial charge in [-0.2, -0.15) is 23.2 Å². The van der Waals surface area contributed by atoms with Crippen molar-refractivity contribution in [2.75, 3.05) is 31.1 Å². The number of sulfonamides is 1. The third kappa shape index (κ3) is 5.44. The Morgan fingerprint density at radius 3 is 2.45 bits per heavy atom. The van der Waals surface area contributed by atoms with Gasteiger partial charge in [-0.05, 0) is 18.9 Å². The van der Waals surface area contributed by atoms with Gasteiger partial charge in [0.2, 0.25) is 20.9 Å². The number of amides is 1. The zero-order valence-corrected chi connectivity index (χ0v) is 22.2. The molecule has 1 aliphatic carbocycles. The van der Waals surface area contributed by atoms with Gasteiger partial charge in [-0.25, -0.2) is 13.4 Å². The number of fused-ring (bicyclic) bond motifs is 1. The minimum absolute atomic E-state index is 0.0507. The highest BCUT2D eigenvalue weighted by Gasteiger charge is 2.47. The summed E-state index contributed by atoms with van der Waals surface area (Å²) in [5.74, 6) is -1.45. The molecule has 2 aliphatic rings. The molecule has 5 rings (SSSR count). The molecule has 1 saturated carbocycles. The summed E-state index contributed by atoms with van der Waals surface area (Å²) in [5, 5.41) is 23.7. The summed E-state index contributed by atoms with van der Waals surface area (Å²) in [6.07, 6.45) is -1.88. The first-order chi connectivity index (χ1) is 18.8. The molecular weight excluding hydrogens is 577 g/mol. The van der Waals surface area contributed by atoms with Crippen molar-refractivity contribution in [2.45, 2.75) is 42.3 Å². The average molecular weight is 599 g/mol. The molecule has 1 saturated heterocycles. The topological polar surface area (TPSA) is 174 Å². The van der Waals surface area contributed by atoms with E-state index in [9.17, 15) is 36.4 Å². The van der Waals surface area contributed by atoms with Crippen molar-refractivity contribution < 1.29 is 36.3 Å². The Bertz CT molecular complexity index is 1630. The van der Waals surface area contributed by atoms with E-state index in [-0.39, 0.29) is 72.0 Å². The normalized spacial score (nSPS) is 17.1. The number of nitrogens with zero attached hydrogens (tertiary/aromatic N) is 7. The van der Waals surface area contributed by atoms with Gasteiger partial charge in [0.15, 0.2) is 10.8 Å². The second-order valence-corrected chi connectivity index (χ2v) is 12.0. The van der Waals surface area contributed by atoms with E-state index >= 15 is 0 Å². The van der Waals surface area contributed by atoms with Crippen molar-refractivity contribution in [3.8, 4) is 16.9 Å². The molecule has 0 spiro atoms. The number of carboxylic acid groups (broad SMARTS) is 1. The van der Waals surface area contributed by atoms with E-state index in [2.05, 4.69) is 19.9 Å². The van der Waals surface area contributed by atoms with Crippen LogP contribution in [0.1, 0.15) is 30.7 Å². The maximum absolute atomic E-state index is 13.3. The van der Waals surface area contributed by atoms with Crippen LogP contribution >= 0.6 is 11.3 Å². The highest BCUT2D eigenvalue weighted by molar-refractivity contribution is 7.89. The number of anilines is 1. The fraction of sp³-hybridized carbons (Fsp3) is 0.455. The molecule has 40 heavy (non-hydrogen) atoms. The third-order valence-corrected chi connectivity index (χ3v) is 9.05. The fourth-order valence-electron chi connectivity index (χ4n) is 4.29. The van der Waals surface area contributed by atoms with E-state index in [0.29, 0.717) is 24.0 Å². The van der Waals surface area contributed by atoms with Crippen LogP contribution in [0.3, 0.4) is 0 Å². The number of aliphatic carboxylic acids is 1. The lowest BCUT2D eigenvalue weighted by Gasteiger charge is -2.36. The number of hydrogen-bond donors (Lipinski definition) is 2. The number of hydrogen-bond acceptors (Lipinski definition) is 10. The molecule has 18 heteroatoms. The van der Waals surface area contributed by atoms with Gasteiger partial charge in [-0.3, -0.25) is 14.0 Å². The number of pyridine rings is 1. The number of halogens is 3. The number of carbonyl (C=O) groups is 2. The van der Waals surface area contributed by atoms with E-state index < -0.39 is 32.7 Å². The highest BCUT2D eigenvalue weighted by atomic mass is 32.2. The van der Waals surface area contributed by atoms with Crippen molar-refractivity contribution in [1.29, 1.82) is 5.26 Å². The molecule has 0 bridgehead atoms. The van der Waals surface area contributed by atoms with Crippen molar-refractivity contribution in [3.63, 3.8) is 0 Å². The maximum Gasteiger partial charge on any atom is 0.445 e. The molecule has 3 aromatic rings. The molecular formula is C22H21F3N8O5S2. The molecule has 1 amide bonds. The monoisotopic (exact) mass is 598 g/mol. The van der Waals surface area contributed by atoms with E-state index in [0.717, 1.165) is 0 Å². The Kier molecular flexibility index (Phi) is 6.92.